The third-order valence-electron chi connectivity index (χ3n) is 4.13. The minimum atomic E-state index is 0.0778. The van der Waals surface area contributed by atoms with Crippen LogP contribution in [0.2, 0.25) is 5.02 Å². The summed E-state index contributed by atoms with van der Waals surface area (Å²) in [6.07, 6.45) is 4.90. The van der Waals surface area contributed by atoms with Crippen LogP contribution in [0.5, 0.6) is 0 Å². The highest BCUT2D eigenvalue weighted by Crippen LogP contribution is 2.29. The van der Waals surface area contributed by atoms with E-state index in [2.05, 4.69) is 17.6 Å². The van der Waals surface area contributed by atoms with E-state index in [1.807, 2.05) is 24.5 Å². The van der Waals surface area contributed by atoms with Gasteiger partial charge in [-0.1, -0.05) is 18.5 Å². The Morgan fingerprint density at radius 2 is 2.19 bits per heavy atom. The molecule has 0 aromatic heterocycles. The Balaban J connectivity index is 1.87. The van der Waals surface area contributed by atoms with Crippen molar-refractivity contribution < 1.29 is 4.79 Å². The van der Waals surface area contributed by atoms with Crippen LogP contribution in [0, 0.1) is 11.8 Å². The first-order valence-corrected chi connectivity index (χ1v) is 9.04. The van der Waals surface area contributed by atoms with Gasteiger partial charge < -0.3 is 10.6 Å². The van der Waals surface area contributed by atoms with Gasteiger partial charge in [-0.3, -0.25) is 4.79 Å². The smallest absolute Gasteiger partial charge is 0.224 e. The third kappa shape index (κ3) is 4.90. The fourth-order valence-electron chi connectivity index (χ4n) is 2.83. The number of halogens is 1. The number of carbonyl (C=O) groups is 1. The molecule has 0 aliphatic carbocycles. The summed E-state index contributed by atoms with van der Waals surface area (Å²) < 4.78 is 0. The lowest BCUT2D eigenvalue weighted by Crippen LogP contribution is -2.32. The van der Waals surface area contributed by atoms with E-state index in [4.69, 9.17) is 11.6 Å². The Bertz CT molecular complexity index is 489. The summed E-state index contributed by atoms with van der Waals surface area (Å²) in [5.74, 6) is 1.15. The van der Waals surface area contributed by atoms with Crippen molar-refractivity contribution in [2.24, 2.45) is 11.8 Å². The topological polar surface area (TPSA) is 41.1 Å². The molecule has 0 radical (unpaired) electrons. The van der Waals surface area contributed by atoms with Gasteiger partial charge in [-0.25, -0.2) is 0 Å². The molecule has 2 rings (SSSR count). The molecular weight excluding hydrogens is 304 g/mol. The molecule has 1 aliphatic rings. The number of thioether (sulfide) groups is 1. The van der Waals surface area contributed by atoms with E-state index in [-0.39, 0.29) is 5.91 Å². The van der Waals surface area contributed by atoms with Gasteiger partial charge in [-0.05, 0) is 62.2 Å². The van der Waals surface area contributed by atoms with Crippen molar-refractivity contribution in [2.75, 3.05) is 24.7 Å². The van der Waals surface area contributed by atoms with Crippen LogP contribution in [0.3, 0.4) is 0 Å². The van der Waals surface area contributed by atoms with E-state index < -0.39 is 0 Å². The zero-order valence-corrected chi connectivity index (χ0v) is 14.2. The zero-order valence-electron chi connectivity index (χ0n) is 12.6. The van der Waals surface area contributed by atoms with Crippen molar-refractivity contribution in [3.05, 3.63) is 23.2 Å². The summed E-state index contributed by atoms with van der Waals surface area (Å²) >= 11 is 7.76. The van der Waals surface area contributed by atoms with E-state index in [0.717, 1.165) is 23.7 Å². The van der Waals surface area contributed by atoms with E-state index >= 15 is 0 Å². The van der Waals surface area contributed by atoms with Crippen LogP contribution in [-0.2, 0) is 4.79 Å². The molecule has 1 aliphatic heterocycles. The number of hydrogen-bond donors (Lipinski definition) is 2. The van der Waals surface area contributed by atoms with Gasteiger partial charge in [0.1, 0.15) is 0 Å². The van der Waals surface area contributed by atoms with Crippen molar-refractivity contribution in [2.45, 2.75) is 31.1 Å². The molecule has 0 bridgehead atoms. The average Bonchev–Trinajstić information content (AvgIpc) is 2.48. The minimum Gasteiger partial charge on any atom is -0.326 e. The number of nitrogens with one attached hydrogen (secondary N) is 2. The molecule has 1 heterocycles. The molecule has 116 valence electrons. The van der Waals surface area contributed by atoms with Crippen molar-refractivity contribution in [3.63, 3.8) is 0 Å². The number of carbonyl (C=O) groups excluding carboxylic acids is 1. The van der Waals surface area contributed by atoms with Crippen molar-refractivity contribution >= 4 is 35.0 Å². The molecule has 21 heavy (non-hydrogen) atoms. The van der Waals surface area contributed by atoms with Crippen molar-refractivity contribution in [1.82, 2.24) is 5.32 Å². The second kappa shape index (κ2) is 8.06. The maximum atomic E-state index is 12.2. The summed E-state index contributed by atoms with van der Waals surface area (Å²) in [6.45, 7) is 4.32. The largest absolute Gasteiger partial charge is 0.326 e. The van der Waals surface area contributed by atoms with Gasteiger partial charge in [0, 0.05) is 17.0 Å². The molecule has 0 saturated carbocycles. The first-order valence-electron chi connectivity index (χ1n) is 7.44. The lowest BCUT2D eigenvalue weighted by Gasteiger charge is -2.27. The molecule has 5 heteroatoms. The highest BCUT2D eigenvalue weighted by atomic mass is 35.5. The first kappa shape index (κ1) is 16.7. The Labute approximate surface area is 136 Å². The Kier molecular flexibility index (Phi) is 6.40. The molecule has 0 spiro atoms. The summed E-state index contributed by atoms with van der Waals surface area (Å²) in [5, 5.41) is 7.01. The summed E-state index contributed by atoms with van der Waals surface area (Å²) in [7, 11) is 0. The quantitative estimate of drug-likeness (QED) is 0.803. The van der Waals surface area contributed by atoms with Crippen LogP contribution in [0.1, 0.15) is 26.2 Å². The molecule has 2 N–H and O–H groups in total. The number of hydrogen-bond acceptors (Lipinski definition) is 3. The van der Waals surface area contributed by atoms with Gasteiger partial charge in [0.15, 0.2) is 0 Å². The summed E-state index contributed by atoms with van der Waals surface area (Å²) in [6, 6.07) is 5.67. The van der Waals surface area contributed by atoms with Gasteiger partial charge >= 0.3 is 0 Å². The highest BCUT2D eigenvalue weighted by Gasteiger charge is 2.22. The van der Waals surface area contributed by atoms with Crippen molar-refractivity contribution in [1.29, 1.82) is 0 Å². The molecule has 1 aromatic rings. The second-order valence-corrected chi connectivity index (χ2v) is 6.92. The van der Waals surface area contributed by atoms with E-state index in [1.165, 1.54) is 12.8 Å². The summed E-state index contributed by atoms with van der Waals surface area (Å²) in [5.41, 5.74) is 0.778. The van der Waals surface area contributed by atoms with Crippen LogP contribution in [0.15, 0.2) is 23.1 Å². The molecule has 1 fully saturated rings. The predicted molar refractivity (Wildman–Crippen MR) is 91.2 cm³/mol. The standard InChI is InChI=1S/C16H23ClN2OS/c1-11(12-5-7-18-8-6-12)9-16(20)19-13-3-4-15(21-2)14(17)10-13/h3-4,10-12,18H,5-9H2,1-2H3,(H,19,20). The molecular formula is C16H23ClN2OS. The predicted octanol–water partition coefficient (Wildman–Crippen LogP) is 4.03. The number of piperidine rings is 1. The third-order valence-corrected chi connectivity index (χ3v) is 5.35. The lowest BCUT2D eigenvalue weighted by molar-refractivity contribution is -0.117. The van der Waals surface area contributed by atoms with Gasteiger partial charge in [-0.15, -0.1) is 11.8 Å². The number of anilines is 1. The molecule has 1 saturated heterocycles. The number of amides is 1. The van der Waals surface area contributed by atoms with Gasteiger partial charge in [-0.2, -0.15) is 0 Å². The Morgan fingerprint density at radius 1 is 1.48 bits per heavy atom. The highest BCUT2D eigenvalue weighted by molar-refractivity contribution is 7.98. The minimum absolute atomic E-state index is 0.0778. The van der Waals surface area contributed by atoms with Crippen LogP contribution < -0.4 is 10.6 Å². The monoisotopic (exact) mass is 326 g/mol. The lowest BCUT2D eigenvalue weighted by atomic mass is 9.84. The molecule has 1 unspecified atom stereocenters. The van der Waals surface area contributed by atoms with Gasteiger partial charge in [0.25, 0.3) is 0 Å². The summed E-state index contributed by atoms with van der Waals surface area (Å²) in [4.78, 5) is 13.2. The molecule has 3 nitrogen and oxygen atoms in total. The molecule has 1 atom stereocenters. The Morgan fingerprint density at radius 3 is 2.81 bits per heavy atom. The number of rotatable bonds is 5. The van der Waals surface area contributed by atoms with Crippen LogP contribution >= 0.6 is 23.4 Å². The maximum Gasteiger partial charge on any atom is 0.224 e. The SMILES string of the molecule is CSc1ccc(NC(=O)CC(C)C2CCNCC2)cc1Cl. The van der Waals surface area contributed by atoms with Crippen LogP contribution in [-0.4, -0.2) is 25.3 Å². The number of benzene rings is 1. The zero-order chi connectivity index (χ0) is 15.2. The maximum absolute atomic E-state index is 12.2. The van der Waals surface area contributed by atoms with Gasteiger partial charge in [0.2, 0.25) is 5.91 Å². The molecule has 1 amide bonds. The first-order chi connectivity index (χ1) is 10.1. The average molecular weight is 327 g/mol. The normalized spacial score (nSPS) is 17.5. The van der Waals surface area contributed by atoms with Crippen molar-refractivity contribution in [3.8, 4) is 0 Å². The fraction of sp³-hybridized carbons (Fsp3) is 0.562. The molecule has 1 aromatic carbocycles. The second-order valence-electron chi connectivity index (χ2n) is 5.67. The van der Waals surface area contributed by atoms with Crippen LogP contribution in [0.25, 0.3) is 0 Å². The Hall–Kier alpha value is -0.710. The van der Waals surface area contributed by atoms with E-state index in [9.17, 15) is 4.79 Å². The van der Waals surface area contributed by atoms with E-state index in [1.54, 1.807) is 11.8 Å². The van der Waals surface area contributed by atoms with Gasteiger partial charge in [0.05, 0.1) is 5.02 Å². The van der Waals surface area contributed by atoms with E-state index in [0.29, 0.717) is 23.3 Å². The van der Waals surface area contributed by atoms with Crippen LogP contribution in [0.4, 0.5) is 5.69 Å². The fourth-order valence-corrected chi connectivity index (χ4v) is 3.70.